The monoisotopic (exact) mass is 475 g/mol. The van der Waals surface area contributed by atoms with Crippen LogP contribution < -0.4 is 16.0 Å². The highest BCUT2D eigenvalue weighted by Gasteiger charge is 2.29. The second kappa shape index (κ2) is 8.59. The zero-order chi connectivity index (χ0) is 22.1. The van der Waals surface area contributed by atoms with Crippen LogP contribution in [0.1, 0.15) is 51.4 Å². The molecule has 160 valence electrons. The van der Waals surface area contributed by atoms with E-state index in [-0.39, 0.29) is 12.0 Å². The van der Waals surface area contributed by atoms with Crippen molar-refractivity contribution in [1.29, 1.82) is 0 Å². The molecule has 0 fully saturated rings. The van der Waals surface area contributed by atoms with Gasteiger partial charge in [0.1, 0.15) is 5.60 Å². The fourth-order valence-corrected chi connectivity index (χ4v) is 3.48. The molecule has 1 unspecified atom stereocenters. The second-order valence-electron chi connectivity index (χ2n) is 8.24. The molecule has 0 bridgehead atoms. The lowest BCUT2D eigenvalue weighted by atomic mass is 10.0. The first-order chi connectivity index (χ1) is 14.0. The topological polar surface area (TPSA) is 110 Å². The highest BCUT2D eigenvalue weighted by Crippen LogP contribution is 2.30. The predicted molar refractivity (Wildman–Crippen MR) is 120 cm³/mol. The Balaban J connectivity index is 1.78. The average molecular weight is 476 g/mol. The van der Waals surface area contributed by atoms with Crippen LogP contribution in [0.3, 0.4) is 0 Å². The molecule has 3 N–H and O–H groups in total. The lowest BCUT2D eigenvalue weighted by molar-refractivity contribution is -0.117. The second-order valence-corrected chi connectivity index (χ2v) is 9.16. The lowest BCUT2D eigenvalue weighted by Crippen LogP contribution is -2.40. The van der Waals surface area contributed by atoms with Gasteiger partial charge in [-0.25, -0.2) is 9.78 Å². The summed E-state index contributed by atoms with van der Waals surface area (Å²) >= 11 is 3.29. The van der Waals surface area contributed by atoms with E-state index in [9.17, 15) is 9.59 Å². The molecule has 1 aliphatic rings. The molecule has 8 nitrogen and oxygen atoms in total. The van der Waals surface area contributed by atoms with Gasteiger partial charge in [-0.05, 0) is 74.7 Å². The molecule has 3 heterocycles. The van der Waals surface area contributed by atoms with Gasteiger partial charge < -0.3 is 15.8 Å². The van der Waals surface area contributed by atoms with Crippen molar-refractivity contribution in [3.63, 3.8) is 0 Å². The number of hydrogen-bond donors (Lipinski definition) is 2. The molecule has 3 rings (SSSR count). The Kier molecular flexibility index (Phi) is 6.30. The summed E-state index contributed by atoms with van der Waals surface area (Å²) in [7, 11) is 0. The third kappa shape index (κ3) is 5.08. The van der Waals surface area contributed by atoms with Crippen LogP contribution in [0, 0.1) is 0 Å². The SMILES string of the molecule is CC(C(=O)Nc1ncc(Br)cc1N)c1ccc2c(n1)CCCN2C(=O)OC(C)(C)C. The number of carbonyl (C=O) groups is 2. The number of anilines is 3. The van der Waals surface area contributed by atoms with Crippen molar-refractivity contribution in [2.75, 3.05) is 22.5 Å². The standard InChI is InChI=1S/C21H26BrN5O3/c1-12(19(28)26-18-14(23)10-13(22)11-24-18)15-7-8-17-16(25-15)6-5-9-27(17)20(29)30-21(2,3)4/h7-8,10-12H,5-6,9,23H2,1-4H3,(H,24,26,28). The van der Waals surface area contributed by atoms with Crippen molar-refractivity contribution in [3.8, 4) is 0 Å². The molecule has 2 amide bonds. The summed E-state index contributed by atoms with van der Waals surface area (Å²) in [6, 6.07) is 5.27. The molecule has 1 atom stereocenters. The number of nitrogen functional groups attached to an aromatic ring is 1. The van der Waals surface area contributed by atoms with Gasteiger partial charge in [0.15, 0.2) is 5.82 Å². The molecule has 1 aliphatic heterocycles. The van der Waals surface area contributed by atoms with Crippen LogP contribution in [0.25, 0.3) is 0 Å². The summed E-state index contributed by atoms with van der Waals surface area (Å²) in [6.07, 6.45) is 2.69. The Bertz CT molecular complexity index is 974. The van der Waals surface area contributed by atoms with Crippen molar-refractivity contribution in [2.45, 2.75) is 52.1 Å². The fraction of sp³-hybridized carbons (Fsp3) is 0.429. The number of amides is 2. The molecule has 30 heavy (non-hydrogen) atoms. The number of pyridine rings is 2. The zero-order valence-electron chi connectivity index (χ0n) is 17.5. The van der Waals surface area contributed by atoms with Crippen molar-refractivity contribution >= 4 is 45.1 Å². The van der Waals surface area contributed by atoms with E-state index in [1.165, 1.54) is 0 Å². The van der Waals surface area contributed by atoms with E-state index in [0.717, 1.165) is 28.7 Å². The zero-order valence-corrected chi connectivity index (χ0v) is 19.1. The van der Waals surface area contributed by atoms with Crippen LogP contribution in [0.2, 0.25) is 0 Å². The van der Waals surface area contributed by atoms with Gasteiger partial charge in [0.25, 0.3) is 0 Å². The number of ether oxygens (including phenoxy) is 1. The normalized spacial score (nSPS) is 14.6. The molecule has 0 saturated carbocycles. The van der Waals surface area contributed by atoms with Gasteiger partial charge in [-0.3, -0.25) is 14.7 Å². The van der Waals surface area contributed by atoms with E-state index in [4.69, 9.17) is 10.5 Å². The number of rotatable bonds is 3. The summed E-state index contributed by atoms with van der Waals surface area (Å²) in [5.41, 5.74) is 7.84. The molecular formula is C21H26BrN5O3. The molecular weight excluding hydrogens is 450 g/mol. The van der Waals surface area contributed by atoms with E-state index in [1.54, 1.807) is 30.2 Å². The fourth-order valence-electron chi connectivity index (χ4n) is 3.13. The molecule has 0 spiro atoms. The summed E-state index contributed by atoms with van der Waals surface area (Å²) in [4.78, 5) is 35.7. The van der Waals surface area contributed by atoms with E-state index >= 15 is 0 Å². The van der Waals surface area contributed by atoms with Crippen molar-refractivity contribution in [1.82, 2.24) is 9.97 Å². The Hall–Kier alpha value is -2.68. The van der Waals surface area contributed by atoms with Gasteiger partial charge in [-0.1, -0.05) is 0 Å². The van der Waals surface area contributed by atoms with Crippen LogP contribution in [0.5, 0.6) is 0 Å². The number of fused-ring (bicyclic) bond motifs is 1. The largest absolute Gasteiger partial charge is 0.443 e. The van der Waals surface area contributed by atoms with Crippen molar-refractivity contribution in [3.05, 3.63) is 40.3 Å². The number of nitrogens with one attached hydrogen (secondary N) is 1. The maximum atomic E-state index is 12.7. The molecule has 2 aromatic heterocycles. The molecule has 0 aliphatic carbocycles. The number of carbonyl (C=O) groups excluding carboxylic acids is 2. The maximum absolute atomic E-state index is 12.7. The number of halogens is 1. The highest BCUT2D eigenvalue weighted by atomic mass is 79.9. The minimum Gasteiger partial charge on any atom is -0.443 e. The van der Waals surface area contributed by atoms with Crippen LogP contribution in [0.4, 0.5) is 22.0 Å². The van der Waals surface area contributed by atoms with E-state index in [2.05, 4.69) is 31.2 Å². The third-order valence-electron chi connectivity index (χ3n) is 4.63. The predicted octanol–water partition coefficient (Wildman–Crippen LogP) is 4.25. The number of aromatic nitrogens is 2. The minimum atomic E-state index is -0.572. The summed E-state index contributed by atoms with van der Waals surface area (Å²) in [5, 5.41) is 2.75. The third-order valence-corrected chi connectivity index (χ3v) is 5.07. The quantitative estimate of drug-likeness (QED) is 0.686. The van der Waals surface area contributed by atoms with Crippen LogP contribution in [-0.4, -0.2) is 34.1 Å². The molecule has 2 aromatic rings. The number of nitrogens with two attached hydrogens (primary N) is 1. The number of hydrogen-bond acceptors (Lipinski definition) is 6. The minimum absolute atomic E-state index is 0.260. The first-order valence-electron chi connectivity index (χ1n) is 9.77. The van der Waals surface area contributed by atoms with E-state index in [0.29, 0.717) is 23.7 Å². The van der Waals surface area contributed by atoms with E-state index in [1.807, 2.05) is 26.8 Å². The summed E-state index contributed by atoms with van der Waals surface area (Å²) in [5.74, 6) is -0.468. The molecule has 0 saturated heterocycles. The first kappa shape index (κ1) is 22.0. The van der Waals surface area contributed by atoms with Crippen molar-refractivity contribution < 1.29 is 14.3 Å². The smallest absolute Gasteiger partial charge is 0.414 e. The molecule has 0 aromatic carbocycles. The van der Waals surface area contributed by atoms with Gasteiger partial charge in [0, 0.05) is 17.2 Å². The first-order valence-corrected chi connectivity index (χ1v) is 10.6. The van der Waals surface area contributed by atoms with E-state index < -0.39 is 11.5 Å². The number of aryl methyl sites for hydroxylation is 1. The highest BCUT2D eigenvalue weighted by molar-refractivity contribution is 9.10. The van der Waals surface area contributed by atoms with Gasteiger partial charge in [-0.2, -0.15) is 0 Å². The Morgan fingerprint density at radius 3 is 2.73 bits per heavy atom. The van der Waals surface area contributed by atoms with Gasteiger partial charge in [-0.15, -0.1) is 0 Å². The molecule has 0 radical (unpaired) electrons. The molecule has 9 heteroatoms. The van der Waals surface area contributed by atoms with Crippen molar-refractivity contribution in [2.24, 2.45) is 0 Å². The summed E-state index contributed by atoms with van der Waals surface area (Å²) < 4.78 is 6.24. The van der Waals surface area contributed by atoms with Gasteiger partial charge in [0.2, 0.25) is 5.91 Å². The van der Waals surface area contributed by atoms with Crippen LogP contribution in [0.15, 0.2) is 28.9 Å². The number of nitrogens with zero attached hydrogens (tertiary/aromatic N) is 3. The lowest BCUT2D eigenvalue weighted by Gasteiger charge is -2.31. The van der Waals surface area contributed by atoms with Gasteiger partial charge in [0.05, 0.1) is 28.7 Å². The Morgan fingerprint density at radius 2 is 2.07 bits per heavy atom. The van der Waals surface area contributed by atoms with Crippen LogP contribution in [-0.2, 0) is 16.0 Å². The average Bonchev–Trinajstić information content (AvgIpc) is 2.67. The van der Waals surface area contributed by atoms with Gasteiger partial charge >= 0.3 is 6.09 Å². The summed E-state index contributed by atoms with van der Waals surface area (Å²) in [6.45, 7) is 7.86. The van der Waals surface area contributed by atoms with Crippen LogP contribution >= 0.6 is 15.9 Å². The maximum Gasteiger partial charge on any atom is 0.414 e. The Morgan fingerprint density at radius 1 is 1.33 bits per heavy atom. The Labute approximate surface area is 184 Å².